The SMILES string of the molecule is CCN(CC)C1CC=CCC1. The second-order valence-corrected chi connectivity index (χ2v) is 3.16. The minimum absolute atomic E-state index is 0.829. The van der Waals surface area contributed by atoms with Crippen molar-refractivity contribution in [3.63, 3.8) is 0 Å². The van der Waals surface area contributed by atoms with E-state index >= 15 is 0 Å². The first-order chi connectivity index (χ1) is 5.38. The van der Waals surface area contributed by atoms with Crippen molar-refractivity contribution in [2.24, 2.45) is 0 Å². The van der Waals surface area contributed by atoms with Crippen molar-refractivity contribution in [2.45, 2.75) is 39.2 Å². The Morgan fingerprint density at radius 2 is 2.00 bits per heavy atom. The average molecular weight is 153 g/mol. The van der Waals surface area contributed by atoms with Gasteiger partial charge in [0, 0.05) is 6.04 Å². The molecular formula is C10H19N. The highest BCUT2D eigenvalue weighted by atomic mass is 15.1. The number of allylic oxidation sites excluding steroid dienone is 1. The molecule has 0 aromatic carbocycles. The van der Waals surface area contributed by atoms with Crippen LogP contribution in [0.4, 0.5) is 0 Å². The normalized spacial score (nSPS) is 24.5. The van der Waals surface area contributed by atoms with E-state index in [1.807, 2.05) is 0 Å². The van der Waals surface area contributed by atoms with Crippen LogP contribution in [0.25, 0.3) is 0 Å². The van der Waals surface area contributed by atoms with Crippen LogP contribution in [0.3, 0.4) is 0 Å². The van der Waals surface area contributed by atoms with Gasteiger partial charge in [0.2, 0.25) is 0 Å². The van der Waals surface area contributed by atoms with Gasteiger partial charge in [-0.2, -0.15) is 0 Å². The largest absolute Gasteiger partial charge is 0.301 e. The number of hydrogen-bond donors (Lipinski definition) is 0. The minimum atomic E-state index is 0.829. The molecule has 0 fully saturated rings. The van der Waals surface area contributed by atoms with Crippen molar-refractivity contribution in [3.05, 3.63) is 12.2 Å². The molecule has 1 nitrogen and oxygen atoms in total. The maximum absolute atomic E-state index is 2.56. The number of nitrogens with zero attached hydrogens (tertiary/aromatic N) is 1. The Kier molecular flexibility index (Phi) is 3.64. The van der Waals surface area contributed by atoms with Gasteiger partial charge in [-0.05, 0) is 32.4 Å². The molecule has 1 atom stereocenters. The van der Waals surface area contributed by atoms with Gasteiger partial charge in [0.1, 0.15) is 0 Å². The zero-order valence-electron chi connectivity index (χ0n) is 7.71. The summed E-state index contributed by atoms with van der Waals surface area (Å²) >= 11 is 0. The third-order valence-corrected chi connectivity index (χ3v) is 2.57. The van der Waals surface area contributed by atoms with Crippen molar-refractivity contribution < 1.29 is 0 Å². The molecule has 0 N–H and O–H groups in total. The number of hydrogen-bond acceptors (Lipinski definition) is 1. The average Bonchev–Trinajstić information content (AvgIpc) is 2.09. The van der Waals surface area contributed by atoms with Crippen LogP contribution < -0.4 is 0 Å². The summed E-state index contributed by atoms with van der Waals surface area (Å²) in [6.07, 6.45) is 8.54. The molecule has 1 heteroatoms. The van der Waals surface area contributed by atoms with Gasteiger partial charge in [-0.15, -0.1) is 0 Å². The van der Waals surface area contributed by atoms with Crippen LogP contribution in [0.5, 0.6) is 0 Å². The lowest BCUT2D eigenvalue weighted by atomic mass is 10.0. The summed E-state index contributed by atoms with van der Waals surface area (Å²) in [5, 5.41) is 0. The smallest absolute Gasteiger partial charge is 0.0132 e. The fraction of sp³-hybridized carbons (Fsp3) is 0.800. The molecule has 64 valence electrons. The fourth-order valence-electron chi connectivity index (χ4n) is 1.85. The monoisotopic (exact) mass is 153 g/mol. The lowest BCUT2D eigenvalue weighted by molar-refractivity contribution is 0.204. The molecule has 1 unspecified atom stereocenters. The maximum atomic E-state index is 2.56. The van der Waals surface area contributed by atoms with E-state index in [1.165, 1.54) is 32.4 Å². The molecule has 1 rings (SSSR count). The number of rotatable bonds is 3. The molecule has 0 aliphatic heterocycles. The van der Waals surface area contributed by atoms with Gasteiger partial charge in [-0.25, -0.2) is 0 Å². The minimum Gasteiger partial charge on any atom is -0.301 e. The van der Waals surface area contributed by atoms with Crippen molar-refractivity contribution in [1.82, 2.24) is 4.90 Å². The summed E-state index contributed by atoms with van der Waals surface area (Å²) in [6, 6.07) is 0.829. The van der Waals surface area contributed by atoms with Crippen LogP contribution in [0, 0.1) is 0 Å². The Hall–Kier alpha value is -0.300. The van der Waals surface area contributed by atoms with E-state index in [-0.39, 0.29) is 0 Å². The van der Waals surface area contributed by atoms with E-state index < -0.39 is 0 Å². The molecular weight excluding hydrogens is 134 g/mol. The first-order valence-electron chi connectivity index (χ1n) is 4.77. The van der Waals surface area contributed by atoms with Gasteiger partial charge >= 0.3 is 0 Å². The third kappa shape index (κ3) is 2.33. The third-order valence-electron chi connectivity index (χ3n) is 2.57. The topological polar surface area (TPSA) is 3.24 Å². The summed E-state index contributed by atoms with van der Waals surface area (Å²) in [5.74, 6) is 0. The molecule has 0 heterocycles. The van der Waals surface area contributed by atoms with Gasteiger partial charge in [-0.1, -0.05) is 26.0 Å². The highest BCUT2D eigenvalue weighted by Gasteiger charge is 2.14. The Morgan fingerprint density at radius 3 is 2.45 bits per heavy atom. The van der Waals surface area contributed by atoms with E-state index in [1.54, 1.807) is 0 Å². The van der Waals surface area contributed by atoms with Crippen molar-refractivity contribution >= 4 is 0 Å². The lowest BCUT2D eigenvalue weighted by Crippen LogP contribution is -2.35. The summed E-state index contributed by atoms with van der Waals surface area (Å²) in [6.45, 7) is 6.91. The van der Waals surface area contributed by atoms with E-state index in [0.717, 1.165) is 6.04 Å². The molecule has 1 aliphatic carbocycles. The van der Waals surface area contributed by atoms with Crippen molar-refractivity contribution in [2.75, 3.05) is 13.1 Å². The molecule has 11 heavy (non-hydrogen) atoms. The van der Waals surface area contributed by atoms with E-state index in [9.17, 15) is 0 Å². The quantitative estimate of drug-likeness (QED) is 0.563. The Balaban J connectivity index is 2.38. The second kappa shape index (κ2) is 4.55. The second-order valence-electron chi connectivity index (χ2n) is 3.16. The zero-order chi connectivity index (χ0) is 8.10. The van der Waals surface area contributed by atoms with Crippen LogP contribution in [-0.2, 0) is 0 Å². The Labute approximate surface area is 70.1 Å². The summed E-state index contributed by atoms with van der Waals surface area (Å²) in [4.78, 5) is 2.56. The molecule has 0 aromatic heterocycles. The van der Waals surface area contributed by atoms with E-state index in [4.69, 9.17) is 0 Å². The van der Waals surface area contributed by atoms with E-state index in [2.05, 4.69) is 30.9 Å². The van der Waals surface area contributed by atoms with Crippen LogP contribution in [0.2, 0.25) is 0 Å². The maximum Gasteiger partial charge on any atom is 0.0132 e. The first-order valence-corrected chi connectivity index (χ1v) is 4.77. The highest BCUT2D eigenvalue weighted by Crippen LogP contribution is 2.16. The molecule has 0 spiro atoms. The van der Waals surface area contributed by atoms with Gasteiger partial charge in [0.25, 0.3) is 0 Å². The summed E-state index contributed by atoms with van der Waals surface area (Å²) < 4.78 is 0. The molecule has 0 saturated heterocycles. The van der Waals surface area contributed by atoms with E-state index in [0.29, 0.717) is 0 Å². The van der Waals surface area contributed by atoms with Gasteiger partial charge in [0.05, 0.1) is 0 Å². The van der Waals surface area contributed by atoms with Crippen molar-refractivity contribution in [1.29, 1.82) is 0 Å². The Bertz CT molecular complexity index is 125. The first kappa shape index (κ1) is 8.79. The standard InChI is InChI=1S/C10H19N/c1-3-11(4-2)10-8-6-5-7-9-10/h5-6,10H,3-4,7-9H2,1-2H3. The van der Waals surface area contributed by atoms with Crippen LogP contribution in [0.15, 0.2) is 12.2 Å². The predicted octanol–water partition coefficient (Wildman–Crippen LogP) is 2.44. The molecule has 0 aromatic rings. The lowest BCUT2D eigenvalue weighted by Gasteiger charge is -2.30. The zero-order valence-corrected chi connectivity index (χ0v) is 7.71. The molecule has 0 amide bonds. The highest BCUT2D eigenvalue weighted by molar-refractivity contribution is 4.93. The molecule has 0 saturated carbocycles. The van der Waals surface area contributed by atoms with Crippen LogP contribution in [0.1, 0.15) is 33.1 Å². The Morgan fingerprint density at radius 1 is 1.27 bits per heavy atom. The summed E-state index contributed by atoms with van der Waals surface area (Å²) in [5.41, 5.74) is 0. The molecule has 0 bridgehead atoms. The van der Waals surface area contributed by atoms with Crippen LogP contribution >= 0.6 is 0 Å². The van der Waals surface area contributed by atoms with Crippen LogP contribution in [-0.4, -0.2) is 24.0 Å². The van der Waals surface area contributed by atoms with Crippen molar-refractivity contribution in [3.8, 4) is 0 Å². The van der Waals surface area contributed by atoms with Gasteiger partial charge < -0.3 is 4.90 Å². The van der Waals surface area contributed by atoms with Gasteiger partial charge in [0.15, 0.2) is 0 Å². The molecule has 0 radical (unpaired) electrons. The molecule has 1 aliphatic rings. The fourth-order valence-corrected chi connectivity index (χ4v) is 1.85. The van der Waals surface area contributed by atoms with Gasteiger partial charge in [-0.3, -0.25) is 0 Å². The predicted molar refractivity (Wildman–Crippen MR) is 49.7 cm³/mol. The summed E-state index contributed by atoms with van der Waals surface area (Å²) in [7, 11) is 0.